The Morgan fingerprint density at radius 1 is 1.09 bits per heavy atom. The first-order valence-electron chi connectivity index (χ1n) is 11.8. The highest BCUT2D eigenvalue weighted by atomic mass is 35.5. The zero-order valence-corrected chi connectivity index (χ0v) is 21.4. The minimum atomic E-state index is 0.327. The lowest BCUT2D eigenvalue weighted by atomic mass is 9.76. The van der Waals surface area contributed by atoms with Crippen LogP contribution in [0.25, 0.3) is 5.65 Å². The Balaban J connectivity index is 1.25. The zero-order chi connectivity index (χ0) is 24.2. The van der Waals surface area contributed by atoms with E-state index in [4.69, 9.17) is 27.1 Å². The Morgan fingerprint density at radius 2 is 1.89 bits per heavy atom. The number of fused-ring (bicyclic) bond motifs is 2. The molecule has 180 valence electrons. The van der Waals surface area contributed by atoms with E-state index in [0.717, 1.165) is 71.6 Å². The van der Waals surface area contributed by atoms with Gasteiger partial charge in [-0.25, -0.2) is 15.0 Å². The molecule has 4 heterocycles. The van der Waals surface area contributed by atoms with Crippen LogP contribution in [0.2, 0.25) is 5.02 Å². The monoisotopic (exact) mass is 506 g/mol. The Bertz CT molecular complexity index is 1430. The highest BCUT2D eigenvalue weighted by molar-refractivity contribution is 7.99. The van der Waals surface area contributed by atoms with E-state index in [-0.39, 0.29) is 0 Å². The van der Waals surface area contributed by atoms with Gasteiger partial charge in [-0.2, -0.15) is 0 Å². The molecule has 0 radical (unpaired) electrons. The van der Waals surface area contributed by atoms with E-state index in [1.807, 2.05) is 25.4 Å². The van der Waals surface area contributed by atoms with Crippen molar-refractivity contribution < 1.29 is 4.74 Å². The Labute approximate surface area is 213 Å². The summed E-state index contributed by atoms with van der Waals surface area (Å²) in [5.74, 6) is 2.23. The van der Waals surface area contributed by atoms with Gasteiger partial charge in [-0.05, 0) is 67.3 Å². The van der Waals surface area contributed by atoms with Crippen molar-refractivity contribution in [1.29, 1.82) is 0 Å². The largest absolute Gasteiger partial charge is 0.497 e. The second-order valence-electron chi connectivity index (χ2n) is 9.53. The van der Waals surface area contributed by atoms with E-state index < -0.39 is 0 Å². The molecule has 0 bridgehead atoms. The normalized spacial score (nSPS) is 16.7. The van der Waals surface area contributed by atoms with Gasteiger partial charge in [-0.3, -0.25) is 4.40 Å². The van der Waals surface area contributed by atoms with E-state index in [2.05, 4.69) is 37.5 Å². The fourth-order valence-corrected chi connectivity index (χ4v) is 6.70. The number of aromatic nitrogens is 4. The summed E-state index contributed by atoms with van der Waals surface area (Å²) in [4.78, 5) is 18.0. The van der Waals surface area contributed by atoms with Crippen LogP contribution in [-0.4, -0.2) is 39.6 Å². The van der Waals surface area contributed by atoms with Crippen molar-refractivity contribution in [1.82, 2.24) is 19.4 Å². The van der Waals surface area contributed by atoms with Gasteiger partial charge in [0.25, 0.3) is 0 Å². The number of hydrogen-bond donors (Lipinski definition) is 1. The van der Waals surface area contributed by atoms with Crippen LogP contribution in [0.5, 0.6) is 5.75 Å². The molecule has 35 heavy (non-hydrogen) atoms. The average molecular weight is 507 g/mol. The molecule has 0 amide bonds. The molecule has 1 fully saturated rings. The maximum absolute atomic E-state index is 6.41. The van der Waals surface area contributed by atoms with Gasteiger partial charge in [0.1, 0.15) is 11.6 Å². The third-order valence-electron chi connectivity index (χ3n) is 7.40. The number of anilines is 2. The van der Waals surface area contributed by atoms with Gasteiger partial charge in [0, 0.05) is 36.6 Å². The Morgan fingerprint density at radius 3 is 2.69 bits per heavy atom. The van der Waals surface area contributed by atoms with Crippen molar-refractivity contribution in [2.45, 2.75) is 42.4 Å². The van der Waals surface area contributed by atoms with Crippen molar-refractivity contribution >= 4 is 40.8 Å². The molecule has 1 saturated heterocycles. The smallest absolute Gasteiger partial charge is 0.211 e. The molecule has 0 saturated carbocycles. The third-order valence-corrected chi connectivity index (χ3v) is 9.15. The van der Waals surface area contributed by atoms with Crippen LogP contribution >= 0.6 is 23.4 Å². The van der Waals surface area contributed by atoms with Crippen LogP contribution in [0.1, 0.15) is 29.7 Å². The third kappa shape index (κ3) is 3.89. The fourth-order valence-electron chi connectivity index (χ4n) is 5.49. The van der Waals surface area contributed by atoms with Crippen molar-refractivity contribution in [2.24, 2.45) is 5.41 Å². The summed E-state index contributed by atoms with van der Waals surface area (Å²) in [7, 11) is 1.74. The predicted octanol–water partition coefficient (Wildman–Crippen LogP) is 5.21. The number of aryl methyl sites for hydroxylation is 1. The summed E-state index contributed by atoms with van der Waals surface area (Å²) in [5, 5.41) is 0.460. The Hall–Kier alpha value is -2.97. The molecule has 9 heteroatoms. The van der Waals surface area contributed by atoms with Gasteiger partial charge in [-0.15, -0.1) is 0 Å². The lowest BCUT2D eigenvalue weighted by Crippen LogP contribution is -2.41. The number of methoxy groups -OCH3 is 1. The molecule has 2 N–H and O–H groups in total. The summed E-state index contributed by atoms with van der Waals surface area (Å²) in [6, 6.07) is 8.42. The van der Waals surface area contributed by atoms with Gasteiger partial charge < -0.3 is 15.4 Å². The van der Waals surface area contributed by atoms with Gasteiger partial charge >= 0.3 is 0 Å². The van der Waals surface area contributed by atoms with Crippen LogP contribution < -0.4 is 15.4 Å². The number of ether oxygens (including phenoxy) is 1. The second kappa shape index (κ2) is 8.60. The summed E-state index contributed by atoms with van der Waals surface area (Å²) < 4.78 is 7.55. The molecule has 0 atom stereocenters. The minimum Gasteiger partial charge on any atom is -0.497 e. The number of halogens is 1. The maximum Gasteiger partial charge on any atom is 0.211 e. The SMILES string of the molecule is COc1ccc2c(c1)CC1(CCN(c3nc(C)c(Sc4ccnc(N)c4Cl)c4nccn34)CC1)C2. The highest BCUT2D eigenvalue weighted by Gasteiger charge is 2.40. The molecular weight excluding hydrogens is 480 g/mol. The summed E-state index contributed by atoms with van der Waals surface area (Å²) in [5.41, 5.74) is 11.0. The molecule has 3 aromatic heterocycles. The first-order chi connectivity index (χ1) is 17.0. The first kappa shape index (κ1) is 22.5. The van der Waals surface area contributed by atoms with E-state index in [1.54, 1.807) is 13.3 Å². The molecule has 1 spiro atoms. The number of piperidine rings is 1. The van der Waals surface area contributed by atoms with E-state index in [1.165, 1.54) is 22.9 Å². The van der Waals surface area contributed by atoms with Crippen molar-refractivity contribution in [2.75, 3.05) is 30.8 Å². The van der Waals surface area contributed by atoms with E-state index >= 15 is 0 Å². The number of nitrogen functional groups attached to an aromatic ring is 1. The van der Waals surface area contributed by atoms with Gasteiger partial charge in [0.2, 0.25) is 5.95 Å². The number of benzene rings is 1. The van der Waals surface area contributed by atoms with Crippen molar-refractivity contribution in [3.05, 3.63) is 64.7 Å². The fraction of sp³-hybridized carbons (Fsp3) is 0.346. The molecule has 6 rings (SSSR count). The van der Waals surface area contributed by atoms with Crippen LogP contribution in [-0.2, 0) is 12.8 Å². The zero-order valence-electron chi connectivity index (χ0n) is 19.8. The molecule has 7 nitrogen and oxygen atoms in total. The Kier molecular flexibility index (Phi) is 5.53. The second-order valence-corrected chi connectivity index (χ2v) is 11.0. The quantitative estimate of drug-likeness (QED) is 0.406. The number of nitrogens with two attached hydrogens (primary N) is 1. The molecule has 1 aliphatic heterocycles. The number of hydrogen-bond acceptors (Lipinski definition) is 7. The van der Waals surface area contributed by atoms with Gasteiger partial charge in [-0.1, -0.05) is 29.4 Å². The number of pyridine rings is 1. The average Bonchev–Trinajstić information content (AvgIpc) is 3.48. The molecular formula is C26H27ClN6OS. The summed E-state index contributed by atoms with van der Waals surface area (Å²) in [6.45, 7) is 3.99. The molecule has 4 aromatic rings. The standard InChI is InChI=1S/C26H27ClN6OS/c1-16-22(35-20-5-8-29-23(28)21(20)27)24-30-9-12-33(24)25(31-16)32-10-6-26(7-11-32)14-17-3-4-19(34-2)13-18(17)15-26/h3-5,8-9,12-13H,6-7,10-11,14-15H2,1-2H3,(H2,28,29). The lowest BCUT2D eigenvalue weighted by molar-refractivity contribution is 0.231. The van der Waals surface area contributed by atoms with Crippen LogP contribution in [0, 0.1) is 12.3 Å². The predicted molar refractivity (Wildman–Crippen MR) is 140 cm³/mol. The number of nitrogens with zero attached hydrogens (tertiary/aromatic N) is 5. The van der Waals surface area contributed by atoms with Crippen molar-refractivity contribution in [3.63, 3.8) is 0 Å². The van der Waals surface area contributed by atoms with Crippen LogP contribution in [0.15, 0.2) is 52.6 Å². The van der Waals surface area contributed by atoms with E-state index in [9.17, 15) is 0 Å². The summed E-state index contributed by atoms with van der Waals surface area (Å²) in [6.07, 6.45) is 10.1. The maximum atomic E-state index is 6.41. The molecule has 1 aromatic carbocycles. The topological polar surface area (TPSA) is 81.6 Å². The molecule has 1 aliphatic carbocycles. The highest BCUT2D eigenvalue weighted by Crippen LogP contribution is 2.46. The minimum absolute atomic E-state index is 0.327. The first-order valence-corrected chi connectivity index (χ1v) is 13.0. The van der Waals surface area contributed by atoms with Crippen molar-refractivity contribution in [3.8, 4) is 5.75 Å². The van der Waals surface area contributed by atoms with Gasteiger partial charge in [0.15, 0.2) is 5.65 Å². The number of rotatable bonds is 4. The van der Waals surface area contributed by atoms with Gasteiger partial charge in [0.05, 0.1) is 22.7 Å². The molecule has 2 aliphatic rings. The number of imidazole rings is 1. The summed E-state index contributed by atoms with van der Waals surface area (Å²) >= 11 is 7.94. The lowest BCUT2D eigenvalue weighted by Gasteiger charge is -2.40. The molecule has 0 unspecified atom stereocenters. The van der Waals surface area contributed by atoms with E-state index in [0.29, 0.717) is 16.3 Å². The van der Waals surface area contributed by atoms with Crippen LogP contribution in [0.3, 0.4) is 0 Å². The van der Waals surface area contributed by atoms with Crippen LogP contribution in [0.4, 0.5) is 11.8 Å².